The van der Waals surface area contributed by atoms with Gasteiger partial charge in [-0.1, -0.05) is 30.3 Å². The van der Waals surface area contributed by atoms with Crippen LogP contribution in [0.5, 0.6) is 0 Å². The van der Waals surface area contributed by atoms with Gasteiger partial charge in [0.2, 0.25) is 0 Å². The number of hydrogen-bond donors (Lipinski definition) is 1. The highest BCUT2D eigenvalue weighted by molar-refractivity contribution is 5.75. The van der Waals surface area contributed by atoms with E-state index in [0.29, 0.717) is 19.4 Å². The van der Waals surface area contributed by atoms with Crippen LogP contribution < -0.4 is 0 Å². The molecule has 1 atom stereocenters. The van der Waals surface area contributed by atoms with Crippen LogP contribution in [0.2, 0.25) is 0 Å². The Bertz CT molecular complexity index is 369. The van der Waals surface area contributed by atoms with E-state index in [0.717, 1.165) is 5.56 Å². The Morgan fingerprint density at radius 2 is 1.94 bits per heavy atom. The summed E-state index contributed by atoms with van der Waals surface area (Å²) in [4.78, 5) is 11.9. The van der Waals surface area contributed by atoms with Gasteiger partial charge in [0.1, 0.15) is 6.61 Å². The molecule has 1 aromatic carbocycles. The number of carbonyl (C=O) groups is 1. The lowest BCUT2D eigenvalue weighted by Gasteiger charge is -2.23. The smallest absolute Gasteiger partial charge is 0.311 e. The molecule has 3 nitrogen and oxygen atoms in total. The van der Waals surface area contributed by atoms with Crippen LogP contribution in [-0.4, -0.2) is 17.2 Å². The molecular weight excluding hydrogens is 228 g/mol. The topological polar surface area (TPSA) is 46.5 Å². The predicted octanol–water partition coefficient (Wildman–Crippen LogP) is 2.92. The first-order valence-corrected chi connectivity index (χ1v) is 6.31. The van der Waals surface area contributed by atoms with Crippen LogP contribution >= 0.6 is 0 Å². The average molecular weight is 250 g/mol. The fourth-order valence-electron chi connectivity index (χ4n) is 1.59. The van der Waals surface area contributed by atoms with Crippen molar-refractivity contribution in [3.63, 3.8) is 0 Å². The third-order valence-electron chi connectivity index (χ3n) is 2.95. The second-order valence-corrected chi connectivity index (χ2v) is 5.33. The summed E-state index contributed by atoms with van der Waals surface area (Å²) in [6, 6.07) is 9.62. The zero-order valence-corrected chi connectivity index (χ0v) is 11.3. The summed E-state index contributed by atoms with van der Waals surface area (Å²) >= 11 is 0. The Balaban J connectivity index is 2.44. The molecule has 0 radical (unpaired) electrons. The van der Waals surface area contributed by atoms with E-state index in [-0.39, 0.29) is 12.1 Å². The van der Waals surface area contributed by atoms with Gasteiger partial charge in [0.15, 0.2) is 0 Å². The van der Waals surface area contributed by atoms with Gasteiger partial charge in [-0.3, -0.25) is 4.79 Å². The van der Waals surface area contributed by atoms with Crippen molar-refractivity contribution in [2.45, 2.75) is 46.3 Å². The van der Waals surface area contributed by atoms with Gasteiger partial charge in [0.05, 0.1) is 11.5 Å². The molecular formula is C15H22O3. The molecule has 0 fully saturated rings. The molecule has 0 amide bonds. The fourth-order valence-corrected chi connectivity index (χ4v) is 1.59. The highest BCUT2D eigenvalue weighted by Gasteiger charge is 2.29. The van der Waals surface area contributed by atoms with E-state index in [1.54, 1.807) is 6.92 Å². The van der Waals surface area contributed by atoms with Crippen molar-refractivity contribution in [3.05, 3.63) is 35.9 Å². The molecule has 1 unspecified atom stereocenters. The van der Waals surface area contributed by atoms with Crippen molar-refractivity contribution >= 4 is 5.97 Å². The number of carbonyl (C=O) groups excluding carboxylic acids is 1. The molecule has 0 aromatic heterocycles. The second kappa shape index (κ2) is 6.55. The molecule has 18 heavy (non-hydrogen) atoms. The maximum Gasteiger partial charge on any atom is 0.311 e. The number of hydrogen-bond acceptors (Lipinski definition) is 3. The van der Waals surface area contributed by atoms with E-state index in [9.17, 15) is 9.90 Å². The van der Waals surface area contributed by atoms with Gasteiger partial charge in [0.25, 0.3) is 0 Å². The largest absolute Gasteiger partial charge is 0.460 e. The molecule has 1 aromatic rings. The van der Waals surface area contributed by atoms with Gasteiger partial charge in [-0.2, -0.15) is 0 Å². The van der Waals surface area contributed by atoms with Crippen molar-refractivity contribution in [2.75, 3.05) is 0 Å². The molecule has 0 saturated carbocycles. The first-order valence-electron chi connectivity index (χ1n) is 6.31. The first kappa shape index (κ1) is 14.7. The van der Waals surface area contributed by atoms with Crippen LogP contribution in [0.3, 0.4) is 0 Å². The molecule has 1 N–H and O–H groups in total. The third-order valence-corrected chi connectivity index (χ3v) is 2.95. The quantitative estimate of drug-likeness (QED) is 0.790. The number of rotatable bonds is 6. The highest BCUT2D eigenvalue weighted by Crippen LogP contribution is 2.25. The fraction of sp³-hybridized carbons (Fsp3) is 0.533. The Labute approximate surface area is 109 Å². The molecule has 3 heteroatoms. The van der Waals surface area contributed by atoms with Gasteiger partial charge in [-0.05, 0) is 39.2 Å². The zero-order valence-electron chi connectivity index (χ0n) is 11.3. The molecule has 0 aliphatic heterocycles. The number of aliphatic hydroxyl groups is 1. The van der Waals surface area contributed by atoms with E-state index in [4.69, 9.17) is 4.74 Å². The van der Waals surface area contributed by atoms with E-state index in [1.807, 2.05) is 44.2 Å². The summed E-state index contributed by atoms with van der Waals surface area (Å²) < 4.78 is 5.30. The lowest BCUT2D eigenvalue weighted by Crippen LogP contribution is -2.27. The molecule has 0 saturated heterocycles. The Hall–Kier alpha value is -1.35. The van der Waals surface area contributed by atoms with Crippen LogP contribution in [0.4, 0.5) is 0 Å². The lowest BCUT2D eigenvalue weighted by atomic mass is 9.87. The number of ether oxygens (including phenoxy) is 1. The molecule has 1 rings (SSSR count). The predicted molar refractivity (Wildman–Crippen MR) is 70.9 cm³/mol. The average Bonchev–Trinajstić information content (AvgIpc) is 2.35. The SMILES string of the molecule is CC(O)CCC(C)(C)C(=O)OCc1ccccc1. The van der Waals surface area contributed by atoms with Gasteiger partial charge in [-0.25, -0.2) is 0 Å². The van der Waals surface area contributed by atoms with E-state index < -0.39 is 5.41 Å². The summed E-state index contributed by atoms with van der Waals surface area (Å²) in [5, 5.41) is 9.25. The number of benzene rings is 1. The van der Waals surface area contributed by atoms with E-state index >= 15 is 0 Å². The van der Waals surface area contributed by atoms with Gasteiger partial charge < -0.3 is 9.84 Å². The standard InChI is InChI=1S/C15H22O3/c1-12(16)9-10-15(2,3)14(17)18-11-13-7-5-4-6-8-13/h4-8,12,16H,9-11H2,1-3H3. The first-order chi connectivity index (χ1) is 8.42. The van der Waals surface area contributed by atoms with Crippen LogP contribution in [-0.2, 0) is 16.1 Å². The summed E-state index contributed by atoms with van der Waals surface area (Å²) in [6.45, 7) is 5.73. The Kier molecular flexibility index (Phi) is 5.35. The minimum absolute atomic E-state index is 0.216. The molecule has 0 aliphatic rings. The maximum atomic E-state index is 11.9. The number of aliphatic hydroxyl groups excluding tert-OH is 1. The Morgan fingerprint density at radius 1 is 1.33 bits per heavy atom. The summed E-state index contributed by atoms with van der Waals surface area (Å²) in [6.07, 6.45) is 0.845. The van der Waals surface area contributed by atoms with Crippen molar-refractivity contribution in [1.29, 1.82) is 0 Å². The molecule has 0 bridgehead atoms. The van der Waals surface area contributed by atoms with Crippen molar-refractivity contribution in [2.24, 2.45) is 5.41 Å². The summed E-state index contributed by atoms with van der Waals surface area (Å²) in [5.74, 6) is -0.216. The van der Waals surface area contributed by atoms with E-state index in [2.05, 4.69) is 0 Å². The minimum atomic E-state index is -0.550. The maximum absolute atomic E-state index is 11.9. The number of esters is 1. The van der Waals surface area contributed by atoms with E-state index in [1.165, 1.54) is 0 Å². The van der Waals surface area contributed by atoms with Crippen LogP contribution in [0.1, 0.15) is 39.2 Å². The highest BCUT2D eigenvalue weighted by atomic mass is 16.5. The van der Waals surface area contributed by atoms with Gasteiger partial charge in [-0.15, -0.1) is 0 Å². The van der Waals surface area contributed by atoms with Gasteiger partial charge in [0, 0.05) is 0 Å². The van der Waals surface area contributed by atoms with Crippen molar-refractivity contribution < 1.29 is 14.6 Å². The minimum Gasteiger partial charge on any atom is -0.460 e. The second-order valence-electron chi connectivity index (χ2n) is 5.33. The Morgan fingerprint density at radius 3 is 2.50 bits per heavy atom. The monoisotopic (exact) mass is 250 g/mol. The van der Waals surface area contributed by atoms with Crippen molar-refractivity contribution in [3.8, 4) is 0 Å². The zero-order chi connectivity index (χ0) is 13.6. The van der Waals surface area contributed by atoms with Crippen LogP contribution in [0.25, 0.3) is 0 Å². The normalized spacial score (nSPS) is 13.1. The molecule has 100 valence electrons. The molecule has 0 aliphatic carbocycles. The van der Waals surface area contributed by atoms with Gasteiger partial charge >= 0.3 is 5.97 Å². The molecule has 0 spiro atoms. The van der Waals surface area contributed by atoms with Crippen LogP contribution in [0.15, 0.2) is 30.3 Å². The van der Waals surface area contributed by atoms with Crippen LogP contribution in [0, 0.1) is 5.41 Å². The van der Waals surface area contributed by atoms with Crippen molar-refractivity contribution in [1.82, 2.24) is 0 Å². The third kappa shape index (κ3) is 4.88. The summed E-state index contributed by atoms with van der Waals surface area (Å²) in [5.41, 5.74) is 0.434. The summed E-state index contributed by atoms with van der Waals surface area (Å²) in [7, 11) is 0. The lowest BCUT2D eigenvalue weighted by molar-refractivity contribution is -0.156. The molecule has 0 heterocycles.